The fraction of sp³-hybridized carbons (Fsp3) is 0.250. The Kier molecular flexibility index (Phi) is 7.97. The topological polar surface area (TPSA) is 82.6 Å². The van der Waals surface area contributed by atoms with Crippen LogP contribution in [-0.4, -0.2) is 65.4 Å². The molecule has 0 bridgehead atoms. The molecule has 1 aliphatic heterocycles. The number of likely N-dealkylation sites (N-methyl/N-ethyl adjacent to an activating group) is 1. The van der Waals surface area contributed by atoms with Crippen LogP contribution in [0.25, 0.3) is 10.9 Å². The zero-order chi connectivity index (χ0) is 26.5. The molecular formula is C28H28ClFN6O2. The SMILES string of the molecule is CN1CCN(CC(=O)Nc2ccc3ncnc(Nc4ccc(OCc5cccc(F)c5)c(Cl)c4)c3c2)CC1. The van der Waals surface area contributed by atoms with E-state index in [0.29, 0.717) is 40.1 Å². The van der Waals surface area contributed by atoms with Gasteiger partial charge in [-0.3, -0.25) is 9.69 Å². The van der Waals surface area contributed by atoms with Gasteiger partial charge in [-0.2, -0.15) is 0 Å². The fourth-order valence-electron chi connectivity index (χ4n) is 4.26. The van der Waals surface area contributed by atoms with Gasteiger partial charge in [0.2, 0.25) is 5.91 Å². The first-order valence-corrected chi connectivity index (χ1v) is 12.7. The summed E-state index contributed by atoms with van der Waals surface area (Å²) in [5.74, 6) is 0.696. The third-order valence-electron chi connectivity index (χ3n) is 6.36. The molecule has 4 aromatic rings. The molecule has 38 heavy (non-hydrogen) atoms. The molecule has 0 saturated carbocycles. The first-order valence-electron chi connectivity index (χ1n) is 12.3. The molecule has 10 heteroatoms. The van der Waals surface area contributed by atoms with Gasteiger partial charge in [0.05, 0.1) is 17.1 Å². The largest absolute Gasteiger partial charge is 0.487 e. The Morgan fingerprint density at radius 2 is 1.84 bits per heavy atom. The Balaban J connectivity index is 1.26. The number of anilines is 3. The van der Waals surface area contributed by atoms with Gasteiger partial charge in [0.15, 0.2) is 0 Å². The van der Waals surface area contributed by atoms with Crippen molar-refractivity contribution in [3.05, 3.63) is 83.4 Å². The van der Waals surface area contributed by atoms with Gasteiger partial charge >= 0.3 is 0 Å². The molecule has 196 valence electrons. The van der Waals surface area contributed by atoms with E-state index in [1.54, 1.807) is 24.3 Å². The monoisotopic (exact) mass is 534 g/mol. The summed E-state index contributed by atoms with van der Waals surface area (Å²) in [5, 5.41) is 7.43. The Morgan fingerprint density at radius 1 is 1.03 bits per heavy atom. The van der Waals surface area contributed by atoms with Crippen LogP contribution in [0.3, 0.4) is 0 Å². The zero-order valence-electron chi connectivity index (χ0n) is 21.0. The molecule has 0 unspecified atom stereocenters. The summed E-state index contributed by atoms with van der Waals surface area (Å²) >= 11 is 6.46. The predicted octanol–water partition coefficient (Wildman–Crippen LogP) is 4.93. The number of amides is 1. The van der Waals surface area contributed by atoms with Crippen molar-refractivity contribution >= 4 is 45.6 Å². The van der Waals surface area contributed by atoms with E-state index in [9.17, 15) is 9.18 Å². The average Bonchev–Trinajstić information content (AvgIpc) is 2.90. The van der Waals surface area contributed by atoms with Gasteiger partial charge in [0, 0.05) is 42.9 Å². The molecule has 8 nitrogen and oxygen atoms in total. The quantitative estimate of drug-likeness (QED) is 0.331. The number of ether oxygens (including phenoxy) is 1. The van der Waals surface area contributed by atoms with Crippen LogP contribution >= 0.6 is 11.6 Å². The van der Waals surface area contributed by atoms with Crippen LogP contribution in [0.1, 0.15) is 5.56 Å². The van der Waals surface area contributed by atoms with Gasteiger partial charge in [-0.05, 0) is 61.1 Å². The van der Waals surface area contributed by atoms with Crippen molar-refractivity contribution < 1.29 is 13.9 Å². The summed E-state index contributed by atoms with van der Waals surface area (Å²) in [6.45, 7) is 4.22. The predicted molar refractivity (Wildman–Crippen MR) is 148 cm³/mol. The van der Waals surface area contributed by atoms with E-state index in [1.807, 2.05) is 24.3 Å². The number of benzene rings is 3. The lowest BCUT2D eigenvalue weighted by Crippen LogP contribution is -2.47. The Morgan fingerprint density at radius 3 is 2.63 bits per heavy atom. The molecule has 1 aromatic heterocycles. The van der Waals surface area contributed by atoms with Crippen LogP contribution in [0.5, 0.6) is 5.75 Å². The lowest BCUT2D eigenvalue weighted by Gasteiger charge is -2.31. The van der Waals surface area contributed by atoms with Crippen molar-refractivity contribution in [1.82, 2.24) is 19.8 Å². The maximum Gasteiger partial charge on any atom is 0.238 e. The van der Waals surface area contributed by atoms with E-state index >= 15 is 0 Å². The number of nitrogens with zero attached hydrogens (tertiary/aromatic N) is 4. The average molecular weight is 535 g/mol. The van der Waals surface area contributed by atoms with E-state index in [-0.39, 0.29) is 18.3 Å². The van der Waals surface area contributed by atoms with Crippen LogP contribution < -0.4 is 15.4 Å². The van der Waals surface area contributed by atoms with Crippen molar-refractivity contribution in [2.45, 2.75) is 6.61 Å². The number of carbonyl (C=O) groups excluding carboxylic acids is 1. The van der Waals surface area contributed by atoms with E-state index in [1.165, 1.54) is 18.5 Å². The highest BCUT2D eigenvalue weighted by molar-refractivity contribution is 6.32. The van der Waals surface area contributed by atoms with Gasteiger partial charge in [0.25, 0.3) is 0 Å². The lowest BCUT2D eigenvalue weighted by molar-refractivity contribution is -0.117. The summed E-state index contributed by atoms with van der Waals surface area (Å²) in [5.41, 5.74) is 2.83. The van der Waals surface area contributed by atoms with Gasteiger partial charge < -0.3 is 20.3 Å². The molecule has 1 saturated heterocycles. The summed E-state index contributed by atoms with van der Waals surface area (Å²) in [6.07, 6.45) is 1.48. The second-order valence-electron chi connectivity index (χ2n) is 9.27. The van der Waals surface area contributed by atoms with Gasteiger partial charge in [-0.15, -0.1) is 0 Å². The minimum atomic E-state index is -0.313. The van der Waals surface area contributed by atoms with Crippen molar-refractivity contribution in [2.24, 2.45) is 0 Å². The minimum Gasteiger partial charge on any atom is -0.487 e. The van der Waals surface area contributed by atoms with Gasteiger partial charge in [-0.1, -0.05) is 23.7 Å². The molecule has 0 spiro atoms. The highest BCUT2D eigenvalue weighted by Gasteiger charge is 2.17. The Bertz CT molecular complexity index is 1440. The molecule has 0 aliphatic carbocycles. The molecular weight excluding hydrogens is 507 g/mol. The Labute approximate surface area is 225 Å². The van der Waals surface area contributed by atoms with Crippen molar-refractivity contribution in [2.75, 3.05) is 50.4 Å². The van der Waals surface area contributed by atoms with Gasteiger partial charge in [-0.25, -0.2) is 14.4 Å². The molecule has 0 radical (unpaired) electrons. The first kappa shape index (κ1) is 25.8. The van der Waals surface area contributed by atoms with Crippen LogP contribution in [0.15, 0.2) is 67.0 Å². The number of fused-ring (bicyclic) bond motifs is 1. The van der Waals surface area contributed by atoms with Gasteiger partial charge in [0.1, 0.15) is 30.3 Å². The van der Waals surface area contributed by atoms with Crippen LogP contribution in [-0.2, 0) is 11.4 Å². The summed E-state index contributed by atoms with van der Waals surface area (Å²) < 4.78 is 19.2. The molecule has 1 fully saturated rings. The summed E-state index contributed by atoms with van der Waals surface area (Å²) in [7, 11) is 2.09. The molecule has 2 N–H and O–H groups in total. The second-order valence-corrected chi connectivity index (χ2v) is 9.68. The van der Waals surface area contributed by atoms with Crippen molar-refractivity contribution in [1.29, 1.82) is 0 Å². The third kappa shape index (κ3) is 6.55. The van der Waals surface area contributed by atoms with Crippen molar-refractivity contribution in [3.63, 3.8) is 0 Å². The lowest BCUT2D eigenvalue weighted by atomic mass is 10.2. The van der Waals surface area contributed by atoms with E-state index < -0.39 is 0 Å². The fourth-order valence-corrected chi connectivity index (χ4v) is 4.50. The van der Waals surface area contributed by atoms with Crippen LogP contribution in [0.2, 0.25) is 5.02 Å². The highest BCUT2D eigenvalue weighted by Crippen LogP contribution is 2.31. The normalized spacial score (nSPS) is 14.4. The van der Waals surface area contributed by atoms with E-state index in [4.69, 9.17) is 16.3 Å². The number of halogens is 2. The smallest absolute Gasteiger partial charge is 0.238 e. The second kappa shape index (κ2) is 11.7. The summed E-state index contributed by atoms with van der Waals surface area (Å²) in [6, 6.07) is 17.1. The molecule has 3 aromatic carbocycles. The number of hydrogen-bond acceptors (Lipinski definition) is 7. The number of rotatable bonds is 8. The number of aromatic nitrogens is 2. The van der Waals surface area contributed by atoms with E-state index in [2.05, 4.69) is 37.4 Å². The minimum absolute atomic E-state index is 0.0547. The number of carbonyl (C=O) groups is 1. The number of hydrogen-bond donors (Lipinski definition) is 2. The Hall–Kier alpha value is -3.79. The zero-order valence-corrected chi connectivity index (χ0v) is 21.7. The maximum absolute atomic E-state index is 13.4. The van der Waals surface area contributed by atoms with E-state index in [0.717, 1.165) is 37.1 Å². The molecule has 2 heterocycles. The number of nitrogens with one attached hydrogen (secondary N) is 2. The van der Waals surface area contributed by atoms with Crippen LogP contribution in [0, 0.1) is 5.82 Å². The standard InChI is InChI=1S/C28H28ClFN6O2/c1-35-9-11-36(12-10-35)16-27(37)33-21-5-7-25-23(14-21)28(32-18-31-25)34-22-6-8-26(24(29)15-22)38-17-19-3-2-4-20(30)13-19/h2-8,13-15,18H,9-12,16-17H2,1H3,(H,33,37)(H,31,32,34). The molecule has 0 atom stereocenters. The highest BCUT2D eigenvalue weighted by atomic mass is 35.5. The molecule has 1 amide bonds. The number of piperazine rings is 1. The maximum atomic E-state index is 13.4. The summed E-state index contributed by atoms with van der Waals surface area (Å²) in [4.78, 5) is 25.8. The van der Waals surface area contributed by atoms with Crippen LogP contribution in [0.4, 0.5) is 21.6 Å². The molecule has 5 rings (SSSR count). The van der Waals surface area contributed by atoms with Crippen molar-refractivity contribution in [3.8, 4) is 5.75 Å². The molecule has 1 aliphatic rings. The first-order chi connectivity index (χ1) is 18.4. The third-order valence-corrected chi connectivity index (χ3v) is 6.66.